The third-order valence-corrected chi connectivity index (χ3v) is 3.97. The molecule has 0 spiro atoms. The Morgan fingerprint density at radius 3 is 2.94 bits per heavy atom. The smallest absolute Gasteiger partial charge is 0.229 e. The number of rotatable bonds is 2. The summed E-state index contributed by atoms with van der Waals surface area (Å²) < 4.78 is 0.842. The van der Waals surface area contributed by atoms with Gasteiger partial charge in [-0.1, -0.05) is 18.5 Å². The molecule has 1 aromatic carbocycles. The first-order valence-electron chi connectivity index (χ1n) is 5.54. The molecule has 2 atom stereocenters. The van der Waals surface area contributed by atoms with Crippen LogP contribution in [0.25, 0.3) is 0 Å². The lowest BCUT2D eigenvalue weighted by atomic mass is 9.97. The van der Waals surface area contributed by atoms with E-state index in [0.717, 1.165) is 23.2 Å². The molecule has 1 aliphatic rings. The second-order valence-corrected chi connectivity index (χ2v) is 5.65. The predicted octanol–water partition coefficient (Wildman–Crippen LogP) is 2.90. The zero-order valence-corrected chi connectivity index (χ0v) is 11.8. The van der Waals surface area contributed by atoms with E-state index in [2.05, 4.69) is 33.5 Å². The van der Waals surface area contributed by atoms with Gasteiger partial charge in [0.2, 0.25) is 5.91 Å². The monoisotopic (exact) mass is 316 g/mol. The van der Waals surface area contributed by atoms with Crippen molar-refractivity contribution >= 4 is 39.1 Å². The van der Waals surface area contributed by atoms with Crippen molar-refractivity contribution in [3.05, 3.63) is 27.7 Å². The third-order valence-electron chi connectivity index (χ3n) is 3.04. The van der Waals surface area contributed by atoms with E-state index in [4.69, 9.17) is 11.6 Å². The molecule has 2 unspecified atom stereocenters. The summed E-state index contributed by atoms with van der Waals surface area (Å²) in [6, 6.07) is 5.35. The second kappa shape index (κ2) is 5.38. The summed E-state index contributed by atoms with van der Waals surface area (Å²) in [6.07, 6.45) is 0. The lowest BCUT2D eigenvalue weighted by Gasteiger charge is -2.15. The lowest BCUT2D eigenvalue weighted by molar-refractivity contribution is -0.120. The number of carbonyl (C=O) groups excluding carboxylic acids is 1. The molecule has 92 valence electrons. The Morgan fingerprint density at radius 2 is 2.29 bits per heavy atom. The molecule has 0 radical (unpaired) electrons. The van der Waals surface area contributed by atoms with E-state index >= 15 is 0 Å². The Hall–Kier alpha value is -0.580. The Bertz CT molecular complexity index is 439. The van der Waals surface area contributed by atoms with Gasteiger partial charge >= 0.3 is 0 Å². The van der Waals surface area contributed by atoms with Gasteiger partial charge in [0.05, 0.1) is 11.6 Å². The number of halogens is 2. The molecule has 1 fully saturated rings. The Labute approximate surface area is 114 Å². The molecule has 1 heterocycles. The molecule has 0 bridgehead atoms. The summed E-state index contributed by atoms with van der Waals surface area (Å²) in [5, 5.41) is 6.74. The van der Waals surface area contributed by atoms with Gasteiger partial charge in [-0.05, 0) is 46.6 Å². The molecule has 0 aromatic heterocycles. The van der Waals surface area contributed by atoms with Gasteiger partial charge < -0.3 is 10.6 Å². The standard InChI is InChI=1S/C12H14BrClN2O/c1-7-5-15-6-9(7)12(17)16-11-4-8(14)2-3-10(11)13/h2-4,7,9,15H,5-6H2,1H3,(H,16,17). The van der Waals surface area contributed by atoms with Crippen LogP contribution in [0.1, 0.15) is 6.92 Å². The van der Waals surface area contributed by atoms with Crippen LogP contribution >= 0.6 is 27.5 Å². The van der Waals surface area contributed by atoms with Gasteiger partial charge in [0, 0.05) is 16.0 Å². The zero-order chi connectivity index (χ0) is 12.4. The van der Waals surface area contributed by atoms with Gasteiger partial charge in [0.25, 0.3) is 0 Å². The van der Waals surface area contributed by atoms with Gasteiger partial charge in [-0.2, -0.15) is 0 Å². The first kappa shape index (κ1) is 12.9. The van der Waals surface area contributed by atoms with Crippen LogP contribution in [-0.4, -0.2) is 19.0 Å². The second-order valence-electron chi connectivity index (χ2n) is 4.36. The van der Waals surface area contributed by atoms with Gasteiger partial charge in [-0.25, -0.2) is 0 Å². The summed E-state index contributed by atoms with van der Waals surface area (Å²) in [4.78, 5) is 12.1. The normalized spacial score (nSPS) is 23.7. The average Bonchev–Trinajstić information content (AvgIpc) is 2.70. The number of hydrogen-bond donors (Lipinski definition) is 2. The maximum Gasteiger partial charge on any atom is 0.229 e. The molecule has 2 rings (SSSR count). The first-order chi connectivity index (χ1) is 8.08. The van der Waals surface area contributed by atoms with Gasteiger partial charge in [-0.3, -0.25) is 4.79 Å². The van der Waals surface area contributed by atoms with E-state index in [0.29, 0.717) is 10.9 Å². The maximum atomic E-state index is 12.1. The molecule has 1 aromatic rings. The number of carbonyl (C=O) groups is 1. The van der Waals surface area contributed by atoms with Crippen molar-refractivity contribution in [1.82, 2.24) is 5.32 Å². The van der Waals surface area contributed by atoms with Crippen molar-refractivity contribution in [2.75, 3.05) is 18.4 Å². The minimum atomic E-state index is 0.0286. The van der Waals surface area contributed by atoms with E-state index in [1.807, 2.05) is 6.07 Å². The fourth-order valence-corrected chi connectivity index (χ4v) is 2.50. The average molecular weight is 318 g/mol. The lowest BCUT2D eigenvalue weighted by Crippen LogP contribution is -2.27. The van der Waals surface area contributed by atoms with Crippen molar-refractivity contribution in [3.63, 3.8) is 0 Å². The maximum absolute atomic E-state index is 12.1. The molecule has 5 heteroatoms. The molecule has 1 saturated heterocycles. The summed E-state index contributed by atoms with van der Waals surface area (Å²) in [7, 11) is 0. The van der Waals surface area contributed by atoms with Gasteiger partial charge in [0.15, 0.2) is 0 Å². The van der Waals surface area contributed by atoms with Gasteiger partial charge in [-0.15, -0.1) is 0 Å². The minimum Gasteiger partial charge on any atom is -0.325 e. The molecular weight excluding hydrogens is 304 g/mol. The molecule has 1 aliphatic heterocycles. The topological polar surface area (TPSA) is 41.1 Å². The van der Waals surface area contributed by atoms with Crippen molar-refractivity contribution in [2.45, 2.75) is 6.92 Å². The molecule has 3 nitrogen and oxygen atoms in total. The Morgan fingerprint density at radius 1 is 1.53 bits per heavy atom. The summed E-state index contributed by atoms with van der Waals surface area (Å²) >= 11 is 9.30. The number of amides is 1. The van der Waals surface area contributed by atoms with Crippen LogP contribution in [0.5, 0.6) is 0 Å². The van der Waals surface area contributed by atoms with Crippen LogP contribution in [0.4, 0.5) is 5.69 Å². The number of benzene rings is 1. The molecule has 0 aliphatic carbocycles. The van der Waals surface area contributed by atoms with Crippen molar-refractivity contribution in [3.8, 4) is 0 Å². The van der Waals surface area contributed by atoms with Gasteiger partial charge in [0.1, 0.15) is 0 Å². The molecular formula is C12H14BrClN2O. The predicted molar refractivity (Wildman–Crippen MR) is 73.3 cm³/mol. The van der Waals surface area contributed by atoms with E-state index in [1.165, 1.54) is 0 Å². The molecule has 2 N–H and O–H groups in total. The summed E-state index contributed by atoms with van der Waals surface area (Å²) in [5.41, 5.74) is 0.724. The number of anilines is 1. The van der Waals surface area contributed by atoms with Crippen LogP contribution in [-0.2, 0) is 4.79 Å². The van der Waals surface area contributed by atoms with Crippen LogP contribution in [0.2, 0.25) is 5.02 Å². The molecule has 17 heavy (non-hydrogen) atoms. The van der Waals surface area contributed by atoms with E-state index in [1.54, 1.807) is 12.1 Å². The highest BCUT2D eigenvalue weighted by Gasteiger charge is 2.29. The van der Waals surface area contributed by atoms with E-state index in [-0.39, 0.29) is 11.8 Å². The zero-order valence-electron chi connectivity index (χ0n) is 9.47. The number of hydrogen-bond acceptors (Lipinski definition) is 2. The third kappa shape index (κ3) is 3.00. The van der Waals surface area contributed by atoms with Crippen molar-refractivity contribution < 1.29 is 4.79 Å². The largest absolute Gasteiger partial charge is 0.325 e. The highest BCUT2D eigenvalue weighted by Crippen LogP contribution is 2.27. The fourth-order valence-electron chi connectivity index (χ4n) is 1.98. The summed E-state index contributed by atoms with van der Waals surface area (Å²) in [5.74, 6) is 0.444. The first-order valence-corrected chi connectivity index (χ1v) is 6.71. The highest BCUT2D eigenvalue weighted by molar-refractivity contribution is 9.10. The highest BCUT2D eigenvalue weighted by atomic mass is 79.9. The van der Waals surface area contributed by atoms with Crippen LogP contribution in [0, 0.1) is 11.8 Å². The Kier molecular flexibility index (Phi) is 4.07. The van der Waals surface area contributed by atoms with Crippen LogP contribution < -0.4 is 10.6 Å². The van der Waals surface area contributed by atoms with Crippen LogP contribution in [0.15, 0.2) is 22.7 Å². The number of nitrogens with one attached hydrogen (secondary N) is 2. The molecule has 1 amide bonds. The van der Waals surface area contributed by atoms with E-state index in [9.17, 15) is 4.79 Å². The quantitative estimate of drug-likeness (QED) is 0.880. The van der Waals surface area contributed by atoms with Crippen molar-refractivity contribution in [1.29, 1.82) is 0 Å². The Balaban J connectivity index is 2.10. The van der Waals surface area contributed by atoms with Crippen molar-refractivity contribution in [2.24, 2.45) is 11.8 Å². The molecule has 0 saturated carbocycles. The van der Waals surface area contributed by atoms with Crippen LogP contribution in [0.3, 0.4) is 0 Å². The van der Waals surface area contributed by atoms with E-state index < -0.39 is 0 Å². The fraction of sp³-hybridized carbons (Fsp3) is 0.417. The summed E-state index contributed by atoms with van der Waals surface area (Å²) in [6.45, 7) is 3.72. The SMILES string of the molecule is CC1CNCC1C(=O)Nc1cc(Cl)ccc1Br. The minimum absolute atomic E-state index is 0.0286.